The molecule has 76 valence electrons. The fraction of sp³-hybridized carbons (Fsp3) is 0.800. The van der Waals surface area contributed by atoms with Gasteiger partial charge in [-0.3, -0.25) is 0 Å². The van der Waals surface area contributed by atoms with E-state index in [2.05, 4.69) is 10.6 Å². The van der Waals surface area contributed by atoms with Gasteiger partial charge in [-0.15, -0.1) is 24.8 Å². The molecule has 7 heteroatoms. The largest absolute Gasteiger partial charge is 0.337 e. The lowest BCUT2D eigenvalue weighted by molar-refractivity contribution is 0.241. The van der Waals surface area contributed by atoms with E-state index in [-0.39, 0.29) is 30.8 Å². The van der Waals surface area contributed by atoms with Gasteiger partial charge in [0.1, 0.15) is 0 Å². The SMILES string of the molecule is Cl.Cl.NCCNC(=O)NCCN. The highest BCUT2D eigenvalue weighted by Crippen LogP contribution is 1.60. The van der Waals surface area contributed by atoms with Gasteiger partial charge in [0.05, 0.1) is 0 Å². The predicted octanol–water partition coefficient (Wildman–Crippen LogP) is -0.953. The molecule has 0 aliphatic rings. The monoisotopic (exact) mass is 218 g/mol. The molecule has 2 amide bonds. The average molecular weight is 219 g/mol. The molecule has 0 atom stereocenters. The van der Waals surface area contributed by atoms with Crippen LogP contribution < -0.4 is 22.1 Å². The van der Waals surface area contributed by atoms with Crippen LogP contribution in [0.4, 0.5) is 4.79 Å². The third-order valence-corrected chi connectivity index (χ3v) is 0.860. The summed E-state index contributed by atoms with van der Waals surface area (Å²) in [5, 5.41) is 5.07. The summed E-state index contributed by atoms with van der Waals surface area (Å²) in [6.07, 6.45) is 0. The molecule has 0 aromatic rings. The zero-order valence-electron chi connectivity index (χ0n) is 6.71. The quantitative estimate of drug-likeness (QED) is 0.491. The zero-order valence-corrected chi connectivity index (χ0v) is 8.34. The fourth-order valence-electron chi connectivity index (χ4n) is 0.434. The molecule has 5 nitrogen and oxygen atoms in total. The molecule has 0 saturated heterocycles. The van der Waals surface area contributed by atoms with E-state index in [1.807, 2.05) is 0 Å². The first kappa shape index (κ1) is 17.8. The summed E-state index contributed by atoms with van der Waals surface area (Å²) in [7, 11) is 0. The van der Waals surface area contributed by atoms with Crippen molar-refractivity contribution in [2.75, 3.05) is 26.2 Å². The van der Waals surface area contributed by atoms with Crippen LogP contribution in [-0.4, -0.2) is 32.2 Å². The van der Waals surface area contributed by atoms with Crippen LogP contribution >= 0.6 is 24.8 Å². The standard InChI is InChI=1S/C5H14N4O.2ClH/c6-1-3-8-5(10)9-4-2-7;;/h1-4,6-7H2,(H2,8,9,10);2*1H. The van der Waals surface area contributed by atoms with E-state index in [1.165, 1.54) is 0 Å². The van der Waals surface area contributed by atoms with E-state index in [0.29, 0.717) is 26.2 Å². The van der Waals surface area contributed by atoms with Gasteiger partial charge in [0, 0.05) is 26.2 Å². The van der Waals surface area contributed by atoms with E-state index < -0.39 is 0 Å². The smallest absolute Gasteiger partial charge is 0.314 e. The van der Waals surface area contributed by atoms with Crippen LogP contribution in [0.3, 0.4) is 0 Å². The van der Waals surface area contributed by atoms with Gasteiger partial charge in [0.25, 0.3) is 0 Å². The second kappa shape index (κ2) is 13.4. The minimum atomic E-state index is -0.212. The van der Waals surface area contributed by atoms with E-state index in [1.54, 1.807) is 0 Å². The maximum Gasteiger partial charge on any atom is 0.314 e. The number of nitrogens with two attached hydrogens (primary N) is 2. The van der Waals surface area contributed by atoms with E-state index in [4.69, 9.17) is 11.5 Å². The Morgan fingerprint density at radius 3 is 1.58 bits per heavy atom. The number of urea groups is 1. The molecule has 0 spiro atoms. The molecule has 0 aromatic heterocycles. The molecule has 0 radical (unpaired) electrons. The molecular weight excluding hydrogens is 203 g/mol. The molecule has 0 saturated carbocycles. The Labute approximate surface area is 84.4 Å². The topological polar surface area (TPSA) is 93.2 Å². The third-order valence-electron chi connectivity index (χ3n) is 0.860. The van der Waals surface area contributed by atoms with Crippen molar-refractivity contribution in [3.63, 3.8) is 0 Å². The Bertz CT molecular complexity index is 93.4. The zero-order chi connectivity index (χ0) is 7.82. The summed E-state index contributed by atoms with van der Waals surface area (Å²) < 4.78 is 0. The van der Waals surface area contributed by atoms with Gasteiger partial charge in [0.2, 0.25) is 0 Å². The van der Waals surface area contributed by atoms with Gasteiger partial charge in [-0.05, 0) is 0 Å². The van der Waals surface area contributed by atoms with Crippen LogP contribution in [-0.2, 0) is 0 Å². The van der Waals surface area contributed by atoms with Crippen molar-refractivity contribution < 1.29 is 4.79 Å². The van der Waals surface area contributed by atoms with Crippen molar-refractivity contribution in [3.8, 4) is 0 Å². The number of hydrogen-bond acceptors (Lipinski definition) is 3. The Morgan fingerprint density at radius 2 is 1.33 bits per heavy atom. The fourth-order valence-corrected chi connectivity index (χ4v) is 0.434. The van der Waals surface area contributed by atoms with Gasteiger partial charge in [-0.25, -0.2) is 4.79 Å². The third kappa shape index (κ3) is 12.4. The molecule has 0 fully saturated rings. The molecule has 12 heavy (non-hydrogen) atoms. The number of carbonyl (C=O) groups is 1. The lowest BCUT2D eigenvalue weighted by atomic mass is 10.6. The van der Waals surface area contributed by atoms with Gasteiger partial charge < -0.3 is 22.1 Å². The van der Waals surface area contributed by atoms with E-state index >= 15 is 0 Å². The first-order chi connectivity index (χ1) is 4.81. The van der Waals surface area contributed by atoms with Crippen LogP contribution in [0, 0.1) is 0 Å². The van der Waals surface area contributed by atoms with Crippen LogP contribution in [0.15, 0.2) is 0 Å². The van der Waals surface area contributed by atoms with Crippen LogP contribution in [0.5, 0.6) is 0 Å². The van der Waals surface area contributed by atoms with Crippen molar-refractivity contribution in [1.29, 1.82) is 0 Å². The van der Waals surface area contributed by atoms with Crippen molar-refractivity contribution in [2.24, 2.45) is 11.5 Å². The summed E-state index contributed by atoms with van der Waals surface area (Å²) in [5.74, 6) is 0. The van der Waals surface area contributed by atoms with E-state index in [0.717, 1.165) is 0 Å². The molecule has 0 rings (SSSR count). The second-order valence-corrected chi connectivity index (χ2v) is 1.76. The van der Waals surface area contributed by atoms with Crippen molar-refractivity contribution >= 4 is 30.8 Å². The minimum Gasteiger partial charge on any atom is -0.337 e. The molecular formula is C5H16Cl2N4O. The summed E-state index contributed by atoms with van der Waals surface area (Å²) in [5.41, 5.74) is 10.3. The first-order valence-electron chi connectivity index (χ1n) is 3.23. The molecule has 0 heterocycles. The maximum absolute atomic E-state index is 10.6. The Hall–Kier alpha value is -0.230. The minimum absolute atomic E-state index is 0. The summed E-state index contributed by atoms with van der Waals surface area (Å²) >= 11 is 0. The van der Waals surface area contributed by atoms with Gasteiger partial charge in [-0.1, -0.05) is 0 Å². The molecule has 0 aliphatic heterocycles. The summed E-state index contributed by atoms with van der Waals surface area (Å²) in [6.45, 7) is 1.90. The van der Waals surface area contributed by atoms with Crippen LogP contribution in [0.2, 0.25) is 0 Å². The first-order valence-corrected chi connectivity index (χ1v) is 3.23. The predicted molar refractivity (Wildman–Crippen MR) is 54.0 cm³/mol. The number of rotatable bonds is 4. The molecule has 0 unspecified atom stereocenters. The van der Waals surface area contributed by atoms with Gasteiger partial charge in [-0.2, -0.15) is 0 Å². The number of carbonyl (C=O) groups excluding carboxylic acids is 1. The summed E-state index contributed by atoms with van der Waals surface area (Å²) in [6, 6.07) is -0.212. The van der Waals surface area contributed by atoms with Crippen LogP contribution in [0.1, 0.15) is 0 Å². The molecule has 6 N–H and O–H groups in total. The maximum atomic E-state index is 10.6. The number of halogens is 2. The Balaban J connectivity index is -0.000000405. The molecule has 0 aliphatic carbocycles. The normalized spacial score (nSPS) is 7.50. The number of nitrogens with one attached hydrogen (secondary N) is 2. The molecule has 0 aromatic carbocycles. The highest BCUT2D eigenvalue weighted by molar-refractivity contribution is 5.85. The average Bonchev–Trinajstić information content (AvgIpc) is 1.97. The van der Waals surface area contributed by atoms with Gasteiger partial charge in [0.15, 0.2) is 0 Å². The number of hydrogen-bond donors (Lipinski definition) is 4. The highest BCUT2D eigenvalue weighted by Gasteiger charge is 1.93. The number of amides is 2. The second-order valence-electron chi connectivity index (χ2n) is 1.76. The van der Waals surface area contributed by atoms with Crippen molar-refractivity contribution in [2.45, 2.75) is 0 Å². The lowest BCUT2D eigenvalue weighted by Crippen LogP contribution is -2.40. The van der Waals surface area contributed by atoms with Crippen molar-refractivity contribution in [3.05, 3.63) is 0 Å². The van der Waals surface area contributed by atoms with Gasteiger partial charge >= 0.3 is 6.03 Å². The van der Waals surface area contributed by atoms with E-state index in [9.17, 15) is 4.79 Å². The van der Waals surface area contributed by atoms with Crippen molar-refractivity contribution in [1.82, 2.24) is 10.6 Å². The molecule has 0 bridgehead atoms. The Morgan fingerprint density at radius 1 is 1.00 bits per heavy atom. The van der Waals surface area contributed by atoms with Crippen LogP contribution in [0.25, 0.3) is 0 Å². The highest BCUT2D eigenvalue weighted by atomic mass is 35.5. The lowest BCUT2D eigenvalue weighted by Gasteiger charge is -2.03. The summed E-state index contributed by atoms with van der Waals surface area (Å²) in [4.78, 5) is 10.6. The Kier molecular flexibility index (Phi) is 19.8.